The molecule has 2 amide bonds. The molecule has 0 aliphatic carbocycles. The van der Waals surface area contributed by atoms with E-state index >= 15 is 0 Å². The Morgan fingerprint density at radius 1 is 1.29 bits per heavy atom. The molecule has 3 heterocycles. The number of carbonyl (C=O) groups is 1. The quantitative estimate of drug-likeness (QED) is 0.874. The summed E-state index contributed by atoms with van der Waals surface area (Å²) in [6, 6.07) is -0.241. The van der Waals surface area contributed by atoms with Crippen molar-refractivity contribution in [1.82, 2.24) is 20.2 Å². The number of imidazole rings is 1. The van der Waals surface area contributed by atoms with E-state index < -0.39 is 11.9 Å². The molecule has 9 heteroatoms. The molecule has 24 heavy (non-hydrogen) atoms. The number of alkyl halides is 3. The Balaban J connectivity index is 1.44. The summed E-state index contributed by atoms with van der Waals surface area (Å²) < 4.78 is 44.9. The van der Waals surface area contributed by atoms with Crippen LogP contribution in [0.3, 0.4) is 0 Å². The molecule has 0 spiro atoms. The van der Waals surface area contributed by atoms with Gasteiger partial charge < -0.3 is 19.9 Å². The Morgan fingerprint density at radius 2 is 2.04 bits per heavy atom. The van der Waals surface area contributed by atoms with Gasteiger partial charge in [-0.25, -0.2) is 9.78 Å². The molecule has 2 atom stereocenters. The number of urea groups is 1. The van der Waals surface area contributed by atoms with Crippen molar-refractivity contribution in [3.05, 3.63) is 17.7 Å². The first-order chi connectivity index (χ1) is 11.4. The van der Waals surface area contributed by atoms with Crippen molar-refractivity contribution in [3.8, 4) is 0 Å². The summed E-state index contributed by atoms with van der Waals surface area (Å²) in [5, 5.41) is 5.61. The normalized spacial score (nSPS) is 23.8. The van der Waals surface area contributed by atoms with E-state index in [0.29, 0.717) is 50.8 Å². The molecule has 1 saturated heterocycles. The molecule has 6 nitrogen and oxygen atoms in total. The highest BCUT2D eigenvalue weighted by atomic mass is 19.4. The molecule has 0 radical (unpaired) electrons. The van der Waals surface area contributed by atoms with E-state index in [9.17, 15) is 18.0 Å². The van der Waals surface area contributed by atoms with Crippen molar-refractivity contribution in [2.45, 2.75) is 32.0 Å². The predicted octanol–water partition coefficient (Wildman–Crippen LogP) is 1.80. The number of hydrogen-bond acceptors (Lipinski definition) is 3. The lowest BCUT2D eigenvalue weighted by Gasteiger charge is -2.24. The molecule has 0 saturated carbocycles. The van der Waals surface area contributed by atoms with Crippen LogP contribution < -0.4 is 10.6 Å². The average molecular weight is 346 g/mol. The highest BCUT2D eigenvalue weighted by molar-refractivity contribution is 5.73. The molecule has 2 aliphatic rings. The predicted molar refractivity (Wildman–Crippen MR) is 79.4 cm³/mol. The number of fused-ring (bicyclic) bond motifs is 1. The number of halogens is 3. The van der Waals surface area contributed by atoms with Crippen molar-refractivity contribution in [1.29, 1.82) is 0 Å². The van der Waals surface area contributed by atoms with E-state index in [1.807, 2.05) is 0 Å². The van der Waals surface area contributed by atoms with Gasteiger partial charge in [0.1, 0.15) is 5.82 Å². The fraction of sp³-hybridized carbons (Fsp3) is 0.733. The molecule has 1 aromatic heterocycles. The number of amides is 2. The van der Waals surface area contributed by atoms with Crippen LogP contribution in [-0.2, 0) is 23.9 Å². The molecule has 134 valence electrons. The number of aromatic nitrogens is 2. The van der Waals surface area contributed by atoms with E-state index in [2.05, 4.69) is 15.6 Å². The van der Waals surface area contributed by atoms with E-state index in [4.69, 9.17) is 4.74 Å². The molecule has 1 aromatic rings. The fourth-order valence-electron chi connectivity index (χ4n) is 3.10. The van der Waals surface area contributed by atoms with E-state index in [-0.39, 0.29) is 11.9 Å². The van der Waals surface area contributed by atoms with Crippen molar-refractivity contribution >= 4 is 6.03 Å². The summed E-state index contributed by atoms with van der Waals surface area (Å²) in [4.78, 5) is 15.4. The van der Waals surface area contributed by atoms with Crippen LogP contribution in [0.25, 0.3) is 0 Å². The summed E-state index contributed by atoms with van der Waals surface area (Å²) in [5.41, 5.74) is -0.845. The zero-order valence-corrected chi connectivity index (χ0v) is 13.2. The Bertz CT molecular complexity index is 582. The smallest absolute Gasteiger partial charge is 0.381 e. The average Bonchev–Trinajstić information content (AvgIpc) is 3.18. The van der Waals surface area contributed by atoms with Crippen molar-refractivity contribution in [2.24, 2.45) is 11.8 Å². The minimum absolute atomic E-state index is 0.105. The number of hydrogen-bond donors (Lipinski definition) is 2. The molecule has 0 bridgehead atoms. The van der Waals surface area contributed by atoms with Crippen LogP contribution in [0.5, 0.6) is 0 Å². The third-order valence-electron chi connectivity index (χ3n) is 4.51. The SMILES string of the molecule is O=C(NC[C@H]1CCOC1)NC[C@H]1CCc2nc(C(F)(F)F)cn2C1. The van der Waals surface area contributed by atoms with Gasteiger partial charge in [-0.05, 0) is 18.8 Å². The Hall–Kier alpha value is -1.77. The molecule has 2 N–H and O–H groups in total. The van der Waals surface area contributed by atoms with Crippen LogP contribution in [0.4, 0.5) is 18.0 Å². The highest BCUT2D eigenvalue weighted by Gasteiger charge is 2.35. The van der Waals surface area contributed by atoms with E-state index in [1.54, 1.807) is 4.57 Å². The summed E-state index contributed by atoms with van der Waals surface area (Å²) in [7, 11) is 0. The standard InChI is InChI=1S/C15H21F3N4O2/c16-15(17,18)12-8-22-7-10(1-2-13(22)21-12)5-19-14(23)20-6-11-3-4-24-9-11/h8,10-11H,1-7,9H2,(H2,19,20,23)/t10-,11-/m1/s1. The molecule has 3 rings (SSSR count). The Morgan fingerprint density at radius 3 is 2.71 bits per heavy atom. The van der Waals surface area contributed by atoms with Gasteiger partial charge in [0.05, 0.1) is 6.61 Å². The highest BCUT2D eigenvalue weighted by Crippen LogP contribution is 2.30. The second-order valence-electron chi connectivity index (χ2n) is 6.42. The lowest BCUT2D eigenvalue weighted by atomic mass is 9.99. The second-order valence-corrected chi connectivity index (χ2v) is 6.42. The van der Waals surface area contributed by atoms with Crippen LogP contribution >= 0.6 is 0 Å². The number of carbonyl (C=O) groups excluding carboxylic acids is 1. The van der Waals surface area contributed by atoms with Gasteiger partial charge in [-0.15, -0.1) is 0 Å². The van der Waals surface area contributed by atoms with Crippen molar-refractivity contribution in [3.63, 3.8) is 0 Å². The molecule has 2 aliphatic heterocycles. The van der Waals surface area contributed by atoms with Gasteiger partial charge in [0, 0.05) is 44.8 Å². The Labute approximate surface area is 137 Å². The van der Waals surface area contributed by atoms with Crippen LogP contribution in [-0.4, -0.2) is 41.9 Å². The van der Waals surface area contributed by atoms with Gasteiger partial charge in [-0.1, -0.05) is 0 Å². The van der Waals surface area contributed by atoms with Crippen LogP contribution in [0.15, 0.2) is 6.20 Å². The lowest BCUT2D eigenvalue weighted by Crippen LogP contribution is -2.41. The minimum atomic E-state index is -4.41. The summed E-state index contributed by atoms with van der Waals surface area (Å²) in [6.45, 7) is 2.87. The van der Waals surface area contributed by atoms with Crippen LogP contribution in [0, 0.1) is 11.8 Å². The third-order valence-corrected chi connectivity index (χ3v) is 4.51. The minimum Gasteiger partial charge on any atom is -0.381 e. The van der Waals surface area contributed by atoms with Crippen LogP contribution in [0.2, 0.25) is 0 Å². The molecule has 0 unspecified atom stereocenters. The first-order valence-electron chi connectivity index (χ1n) is 8.14. The van der Waals surface area contributed by atoms with Gasteiger partial charge in [-0.3, -0.25) is 0 Å². The summed E-state index contributed by atoms with van der Waals surface area (Å²) in [5.74, 6) is 0.928. The molecule has 1 fully saturated rings. The lowest BCUT2D eigenvalue weighted by molar-refractivity contribution is -0.141. The summed E-state index contributed by atoms with van der Waals surface area (Å²) in [6.07, 6.45) is -1.20. The number of ether oxygens (including phenoxy) is 1. The zero-order valence-electron chi connectivity index (χ0n) is 13.2. The van der Waals surface area contributed by atoms with Gasteiger partial charge in [0.15, 0.2) is 5.69 Å². The van der Waals surface area contributed by atoms with E-state index in [1.165, 1.54) is 0 Å². The zero-order chi connectivity index (χ0) is 17.2. The van der Waals surface area contributed by atoms with Gasteiger partial charge >= 0.3 is 12.2 Å². The third kappa shape index (κ3) is 4.19. The number of nitrogens with zero attached hydrogens (tertiary/aromatic N) is 2. The topological polar surface area (TPSA) is 68.2 Å². The van der Waals surface area contributed by atoms with Gasteiger partial charge in [-0.2, -0.15) is 13.2 Å². The molecule has 0 aromatic carbocycles. The van der Waals surface area contributed by atoms with Gasteiger partial charge in [0.2, 0.25) is 0 Å². The first-order valence-corrected chi connectivity index (χ1v) is 8.14. The maximum atomic E-state index is 12.7. The largest absolute Gasteiger partial charge is 0.434 e. The molecular weight excluding hydrogens is 325 g/mol. The monoisotopic (exact) mass is 346 g/mol. The molecular formula is C15H21F3N4O2. The second kappa shape index (κ2) is 7.00. The van der Waals surface area contributed by atoms with E-state index in [0.717, 1.165) is 19.2 Å². The fourth-order valence-corrected chi connectivity index (χ4v) is 3.10. The van der Waals surface area contributed by atoms with Gasteiger partial charge in [0.25, 0.3) is 0 Å². The van der Waals surface area contributed by atoms with Crippen LogP contribution in [0.1, 0.15) is 24.4 Å². The maximum Gasteiger partial charge on any atom is 0.434 e. The van der Waals surface area contributed by atoms with Crippen molar-refractivity contribution < 1.29 is 22.7 Å². The number of rotatable bonds is 4. The Kier molecular flexibility index (Phi) is 4.98. The number of aryl methyl sites for hydroxylation is 1. The van der Waals surface area contributed by atoms with Crippen molar-refractivity contribution in [2.75, 3.05) is 26.3 Å². The number of nitrogens with one attached hydrogen (secondary N) is 2. The summed E-state index contributed by atoms with van der Waals surface area (Å²) >= 11 is 0. The first kappa shape index (κ1) is 17.1. The maximum absolute atomic E-state index is 12.7.